The van der Waals surface area contributed by atoms with Crippen LogP contribution in [0.3, 0.4) is 0 Å². The fraction of sp³-hybridized carbons (Fsp3) is 0.462. The highest BCUT2D eigenvalue weighted by Crippen LogP contribution is 2.33. The molecule has 1 aromatic rings. The van der Waals surface area contributed by atoms with E-state index in [0.717, 1.165) is 17.3 Å². The number of hydrogen-bond donors (Lipinski definition) is 2. The second kappa shape index (κ2) is 4.55. The third kappa shape index (κ3) is 2.12. The van der Waals surface area contributed by atoms with Gasteiger partial charge in [-0.15, -0.1) is 0 Å². The van der Waals surface area contributed by atoms with Crippen LogP contribution < -0.4 is 5.32 Å². The number of amides is 1. The van der Waals surface area contributed by atoms with Gasteiger partial charge in [0.25, 0.3) is 0 Å². The molecule has 0 spiro atoms. The molecular formula is C13H15BrN2O2. The second-order valence-electron chi connectivity index (χ2n) is 4.99. The maximum Gasteiger partial charge on any atom is 0.407 e. The lowest BCUT2D eigenvalue weighted by atomic mass is 10.0. The molecule has 1 amide bonds. The summed E-state index contributed by atoms with van der Waals surface area (Å²) in [4.78, 5) is 12.1. The minimum absolute atomic E-state index is 0.306. The summed E-state index contributed by atoms with van der Waals surface area (Å²) in [5, 5.41) is 12.3. The number of nitrogens with zero attached hydrogens (tertiary/aromatic N) is 1. The summed E-state index contributed by atoms with van der Waals surface area (Å²) in [5.41, 5.74) is 2.77. The molecule has 0 radical (unpaired) electrons. The molecule has 1 aromatic carbocycles. The van der Waals surface area contributed by atoms with Crippen LogP contribution in [-0.2, 0) is 6.42 Å². The van der Waals surface area contributed by atoms with Gasteiger partial charge in [0.15, 0.2) is 0 Å². The minimum Gasteiger partial charge on any atom is -0.465 e. The molecule has 1 aliphatic carbocycles. The molecule has 2 aliphatic rings. The first-order valence-electron chi connectivity index (χ1n) is 6.16. The first-order chi connectivity index (χ1) is 8.63. The van der Waals surface area contributed by atoms with Crippen LogP contribution in [0.25, 0.3) is 0 Å². The lowest BCUT2D eigenvalue weighted by Crippen LogP contribution is -2.59. The Hall–Kier alpha value is -1.07. The molecule has 0 bridgehead atoms. The molecule has 4 nitrogen and oxygen atoms in total. The molecule has 1 atom stereocenters. The Balaban J connectivity index is 1.62. The average Bonchev–Trinajstić information content (AvgIpc) is 2.64. The number of carbonyl (C=O) groups is 1. The molecule has 5 heteroatoms. The van der Waals surface area contributed by atoms with Gasteiger partial charge in [-0.05, 0) is 36.1 Å². The second-order valence-corrected chi connectivity index (χ2v) is 5.90. The Morgan fingerprint density at radius 1 is 1.44 bits per heavy atom. The topological polar surface area (TPSA) is 52.6 Å². The summed E-state index contributed by atoms with van der Waals surface area (Å²) in [6.07, 6.45) is 1.39. The van der Waals surface area contributed by atoms with E-state index in [1.807, 2.05) is 0 Å². The number of fused-ring (bicyclic) bond motifs is 1. The van der Waals surface area contributed by atoms with Crippen LogP contribution in [0, 0.1) is 0 Å². The first kappa shape index (κ1) is 12.0. The predicted octanol–water partition coefficient (Wildman–Crippen LogP) is 2.39. The van der Waals surface area contributed by atoms with Gasteiger partial charge in [-0.2, -0.15) is 0 Å². The summed E-state index contributed by atoms with van der Waals surface area (Å²) in [7, 11) is 0. The Labute approximate surface area is 114 Å². The van der Waals surface area contributed by atoms with E-state index in [9.17, 15) is 4.79 Å². The largest absolute Gasteiger partial charge is 0.465 e. The molecule has 18 heavy (non-hydrogen) atoms. The van der Waals surface area contributed by atoms with Crippen molar-refractivity contribution in [1.29, 1.82) is 0 Å². The van der Waals surface area contributed by atoms with E-state index in [1.54, 1.807) is 0 Å². The molecule has 2 N–H and O–H groups in total. The van der Waals surface area contributed by atoms with Gasteiger partial charge in [0, 0.05) is 29.6 Å². The molecule has 96 valence electrons. The number of aryl methyl sites for hydroxylation is 1. The average molecular weight is 311 g/mol. The van der Waals surface area contributed by atoms with Crippen LogP contribution >= 0.6 is 15.9 Å². The lowest BCUT2D eigenvalue weighted by Gasteiger charge is -2.39. The molecule has 1 fully saturated rings. The molecule has 0 aromatic heterocycles. The predicted molar refractivity (Wildman–Crippen MR) is 71.7 cm³/mol. The van der Waals surface area contributed by atoms with Crippen molar-refractivity contribution in [3.63, 3.8) is 0 Å². The molecule has 3 rings (SSSR count). The van der Waals surface area contributed by atoms with Gasteiger partial charge in [-0.3, -0.25) is 0 Å². The van der Waals surface area contributed by atoms with Crippen LogP contribution in [0.4, 0.5) is 4.79 Å². The normalized spacial score (nSPS) is 22.7. The Morgan fingerprint density at radius 2 is 2.22 bits per heavy atom. The van der Waals surface area contributed by atoms with Gasteiger partial charge in [0.05, 0.1) is 0 Å². The van der Waals surface area contributed by atoms with Crippen LogP contribution in [-0.4, -0.2) is 35.2 Å². The fourth-order valence-corrected chi connectivity index (χ4v) is 3.19. The number of rotatable bonds is 2. The smallest absolute Gasteiger partial charge is 0.407 e. The molecular weight excluding hydrogens is 296 g/mol. The van der Waals surface area contributed by atoms with E-state index < -0.39 is 6.09 Å². The van der Waals surface area contributed by atoms with Crippen molar-refractivity contribution < 1.29 is 9.90 Å². The summed E-state index contributed by atoms with van der Waals surface area (Å²) < 4.78 is 1.13. The van der Waals surface area contributed by atoms with Crippen molar-refractivity contribution >= 4 is 22.0 Å². The number of hydrogen-bond acceptors (Lipinski definition) is 2. The number of benzene rings is 1. The fourth-order valence-electron chi connectivity index (χ4n) is 2.78. The zero-order valence-electron chi connectivity index (χ0n) is 9.90. The highest BCUT2D eigenvalue weighted by Gasteiger charge is 2.33. The van der Waals surface area contributed by atoms with Crippen molar-refractivity contribution in [3.8, 4) is 0 Å². The number of nitrogens with one attached hydrogen (secondary N) is 1. The Kier molecular flexibility index (Phi) is 3.03. The minimum atomic E-state index is -0.816. The number of likely N-dealkylation sites (tertiary alicyclic amines) is 1. The molecule has 1 saturated heterocycles. The zero-order chi connectivity index (χ0) is 12.7. The van der Waals surface area contributed by atoms with E-state index in [-0.39, 0.29) is 0 Å². The van der Waals surface area contributed by atoms with Crippen LogP contribution in [0.5, 0.6) is 0 Å². The summed E-state index contributed by atoms with van der Waals surface area (Å²) in [6.45, 7) is 1.22. The monoisotopic (exact) mass is 310 g/mol. The highest BCUT2D eigenvalue weighted by atomic mass is 79.9. The third-order valence-corrected chi connectivity index (χ3v) is 4.26. The van der Waals surface area contributed by atoms with E-state index in [1.165, 1.54) is 16.0 Å². The molecule has 0 saturated carbocycles. The van der Waals surface area contributed by atoms with Crippen molar-refractivity contribution in [2.45, 2.75) is 24.9 Å². The van der Waals surface area contributed by atoms with Crippen molar-refractivity contribution in [2.75, 3.05) is 13.1 Å². The molecule has 1 unspecified atom stereocenters. The zero-order valence-corrected chi connectivity index (χ0v) is 11.5. The first-order valence-corrected chi connectivity index (χ1v) is 6.95. The maximum absolute atomic E-state index is 10.7. The van der Waals surface area contributed by atoms with E-state index in [0.29, 0.717) is 25.2 Å². The third-order valence-electron chi connectivity index (χ3n) is 3.77. The number of halogens is 1. The van der Waals surface area contributed by atoms with E-state index >= 15 is 0 Å². The molecule has 1 aliphatic heterocycles. The quantitative estimate of drug-likeness (QED) is 0.882. The summed E-state index contributed by atoms with van der Waals surface area (Å²) in [6, 6.07) is 7.11. The standard InChI is InChI=1S/C13H15BrN2O2/c14-9-2-3-11-8(5-9)1-4-12(11)15-10-6-16(7-10)13(17)18/h2-3,5,10,12,15H,1,4,6-7H2,(H,17,18). The van der Waals surface area contributed by atoms with Gasteiger partial charge in [0.2, 0.25) is 0 Å². The van der Waals surface area contributed by atoms with Crippen molar-refractivity contribution in [1.82, 2.24) is 10.2 Å². The van der Waals surface area contributed by atoms with E-state index in [2.05, 4.69) is 39.4 Å². The number of carboxylic acid groups (broad SMARTS) is 1. The van der Waals surface area contributed by atoms with Gasteiger partial charge in [0.1, 0.15) is 0 Å². The lowest BCUT2D eigenvalue weighted by molar-refractivity contribution is 0.0919. The highest BCUT2D eigenvalue weighted by molar-refractivity contribution is 9.10. The van der Waals surface area contributed by atoms with Gasteiger partial charge < -0.3 is 15.3 Å². The Bertz CT molecular complexity index is 486. The van der Waals surface area contributed by atoms with Gasteiger partial charge in [-0.25, -0.2) is 4.79 Å². The van der Waals surface area contributed by atoms with Gasteiger partial charge in [-0.1, -0.05) is 22.0 Å². The summed E-state index contributed by atoms with van der Waals surface area (Å²) >= 11 is 3.49. The van der Waals surface area contributed by atoms with Gasteiger partial charge >= 0.3 is 6.09 Å². The van der Waals surface area contributed by atoms with Crippen molar-refractivity contribution in [3.05, 3.63) is 33.8 Å². The maximum atomic E-state index is 10.7. The SMILES string of the molecule is O=C(O)N1CC(NC2CCc3cc(Br)ccc32)C1. The Morgan fingerprint density at radius 3 is 2.94 bits per heavy atom. The van der Waals surface area contributed by atoms with Crippen LogP contribution in [0.2, 0.25) is 0 Å². The summed E-state index contributed by atoms with van der Waals surface area (Å²) in [5.74, 6) is 0. The molecule has 1 heterocycles. The van der Waals surface area contributed by atoms with E-state index in [4.69, 9.17) is 5.11 Å². The van der Waals surface area contributed by atoms with Crippen LogP contribution in [0.15, 0.2) is 22.7 Å². The van der Waals surface area contributed by atoms with Crippen LogP contribution in [0.1, 0.15) is 23.6 Å². The van der Waals surface area contributed by atoms with Crippen molar-refractivity contribution in [2.24, 2.45) is 0 Å².